The number of hydrogen-bond acceptors (Lipinski definition) is 5. The number of hydrogen-bond donors (Lipinski definition) is 0. The minimum Gasteiger partial charge on any atom is -0.456 e. The van der Waals surface area contributed by atoms with E-state index in [4.69, 9.17) is 23.8 Å². The SMILES string of the molecule is c1ccc(-c2ccc3oc4cccc(-c5ccc6oc7cccc(-c8nc(-c9ccccc9)nc(-n9c%10ccccc%10c%10ccc%11c%12ccccc%12n(-c%12ccccc%12)c%11c%109)n8)c7c6c5)c4c3c2)cc1. The summed E-state index contributed by atoms with van der Waals surface area (Å²) >= 11 is 0. The van der Waals surface area contributed by atoms with E-state index >= 15 is 0 Å². The first-order chi connectivity index (χ1) is 34.7. The molecule has 0 saturated carbocycles. The maximum Gasteiger partial charge on any atom is 0.238 e. The Labute approximate surface area is 399 Å². The van der Waals surface area contributed by atoms with Crippen LogP contribution in [-0.4, -0.2) is 24.1 Å². The van der Waals surface area contributed by atoms with Gasteiger partial charge in [0, 0.05) is 59.9 Å². The predicted molar refractivity (Wildman–Crippen MR) is 285 cm³/mol. The van der Waals surface area contributed by atoms with Crippen molar-refractivity contribution in [1.82, 2.24) is 24.1 Å². The summed E-state index contributed by atoms with van der Waals surface area (Å²) in [6, 6.07) is 78.4. The number of fused-ring (bicyclic) bond motifs is 13. The first-order valence-corrected chi connectivity index (χ1v) is 23.5. The van der Waals surface area contributed by atoms with Gasteiger partial charge in [-0.2, -0.15) is 9.97 Å². The van der Waals surface area contributed by atoms with E-state index in [1.807, 2.05) is 36.4 Å². The molecule has 0 aliphatic carbocycles. The van der Waals surface area contributed by atoms with Gasteiger partial charge >= 0.3 is 0 Å². The second kappa shape index (κ2) is 15.0. The van der Waals surface area contributed by atoms with Crippen LogP contribution in [0.3, 0.4) is 0 Å². The fraction of sp³-hybridized carbons (Fsp3) is 0. The lowest BCUT2D eigenvalue weighted by Crippen LogP contribution is -2.07. The van der Waals surface area contributed by atoms with E-state index in [0.717, 1.165) is 121 Å². The lowest BCUT2D eigenvalue weighted by Gasteiger charge is -2.13. The van der Waals surface area contributed by atoms with Crippen molar-refractivity contribution in [2.45, 2.75) is 0 Å². The predicted octanol–water partition coefficient (Wildman–Crippen LogP) is 16.5. The summed E-state index contributed by atoms with van der Waals surface area (Å²) in [4.78, 5) is 16.3. The third-order valence-corrected chi connectivity index (χ3v) is 14.0. The molecule has 5 aromatic heterocycles. The van der Waals surface area contributed by atoms with E-state index in [1.165, 1.54) is 5.39 Å². The molecule has 7 nitrogen and oxygen atoms in total. The van der Waals surface area contributed by atoms with Crippen molar-refractivity contribution >= 4 is 87.5 Å². The van der Waals surface area contributed by atoms with E-state index in [1.54, 1.807) is 0 Å². The molecule has 15 rings (SSSR count). The maximum absolute atomic E-state index is 6.68. The van der Waals surface area contributed by atoms with Crippen LogP contribution in [0.2, 0.25) is 0 Å². The van der Waals surface area contributed by atoms with Gasteiger partial charge in [0.15, 0.2) is 11.6 Å². The topological polar surface area (TPSA) is 74.8 Å². The molecule has 0 aliphatic heterocycles. The van der Waals surface area contributed by atoms with Crippen LogP contribution in [0.5, 0.6) is 0 Å². The highest BCUT2D eigenvalue weighted by Crippen LogP contribution is 2.44. The lowest BCUT2D eigenvalue weighted by atomic mass is 9.96. The quantitative estimate of drug-likeness (QED) is 0.166. The third-order valence-electron chi connectivity index (χ3n) is 14.0. The molecule has 0 fully saturated rings. The maximum atomic E-state index is 6.68. The van der Waals surface area contributed by atoms with Crippen LogP contribution in [0.1, 0.15) is 0 Å². The van der Waals surface area contributed by atoms with Gasteiger partial charge in [0.1, 0.15) is 22.3 Å². The molecule has 10 aromatic carbocycles. The molecule has 5 heterocycles. The molecule has 0 saturated heterocycles. The number of aromatic nitrogens is 5. The zero-order valence-corrected chi connectivity index (χ0v) is 37.4. The molecule has 326 valence electrons. The fourth-order valence-electron chi connectivity index (χ4n) is 10.9. The van der Waals surface area contributed by atoms with Gasteiger partial charge in [-0.25, -0.2) is 4.98 Å². The Bertz CT molecular complexity index is 4580. The second-order valence-electron chi connectivity index (χ2n) is 17.9. The van der Waals surface area contributed by atoms with Crippen molar-refractivity contribution in [3.8, 4) is 56.7 Å². The van der Waals surface area contributed by atoms with Gasteiger partial charge < -0.3 is 13.4 Å². The summed E-state index contributed by atoms with van der Waals surface area (Å²) < 4.78 is 17.8. The highest BCUT2D eigenvalue weighted by molar-refractivity contribution is 6.24. The van der Waals surface area contributed by atoms with Gasteiger partial charge in [0.2, 0.25) is 5.95 Å². The van der Waals surface area contributed by atoms with Crippen LogP contribution in [0.25, 0.3) is 144 Å². The van der Waals surface area contributed by atoms with Gasteiger partial charge in [-0.05, 0) is 82.9 Å². The standard InChI is InChI=1S/C63H37N5O2/c1-4-16-38(17-5-1)40-30-34-53-49(36-40)57-43(24-14-28-55(57)69-53)41-31-35-54-50(37-41)58-48(25-15-29-56(58)70-54)62-64-61(39-18-6-2-7-19-39)65-63(66-62)68-52-27-13-11-23-45(52)47-33-32-46-44-22-10-12-26-51(44)67(59(46)60(47)68)42-20-8-3-9-21-42/h1-37H. The molecule has 70 heavy (non-hydrogen) atoms. The van der Waals surface area contributed by atoms with Gasteiger partial charge in [-0.15, -0.1) is 0 Å². The monoisotopic (exact) mass is 895 g/mol. The average Bonchev–Trinajstić information content (AvgIpc) is 4.19. The number of rotatable bonds is 6. The fourth-order valence-corrected chi connectivity index (χ4v) is 10.9. The molecular formula is C63H37N5O2. The Morgan fingerprint density at radius 1 is 0.300 bits per heavy atom. The molecule has 0 radical (unpaired) electrons. The van der Waals surface area contributed by atoms with E-state index < -0.39 is 0 Å². The molecule has 0 amide bonds. The van der Waals surface area contributed by atoms with Gasteiger partial charge in [-0.3, -0.25) is 4.57 Å². The molecule has 0 spiro atoms. The molecule has 0 unspecified atom stereocenters. The van der Waals surface area contributed by atoms with Crippen molar-refractivity contribution in [3.05, 3.63) is 224 Å². The molecule has 7 heteroatoms. The number of benzene rings is 10. The highest BCUT2D eigenvalue weighted by atomic mass is 16.3. The highest BCUT2D eigenvalue weighted by Gasteiger charge is 2.25. The van der Waals surface area contributed by atoms with Gasteiger partial charge in [0.05, 0.1) is 22.1 Å². The summed E-state index contributed by atoms with van der Waals surface area (Å²) in [7, 11) is 0. The summed E-state index contributed by atoms with van der Waals surface area (Å²) in [6.07, 6.45) is 0. The summed E-state index contributed by atoms with van der Waals surface area (Å²) in [6.45, 7) is 0. The first kappa shape index (κ1) is 38.5. The van der Waals surface area contributed by atoms with Crippen LogP contribution >= 0.6 is 0 Å². The Morgan fingerprint density at radius 2 is 0.814 bits per heavy atom. The number of para-hydroxylation sites is 3. The van der Waals surface area contributed by atoms with Gasteiger partial charge in [-0.1, -0.05) is 164 Å². The minimum atomic E-state index is 0.520. The second-order valence-corrected chi connectivity index (χ2v) is 17.9. The Balaban J connectivity index is 0.991. The third kappa shape index (κ3) is 5.72. The van der Waals surface area contributed by atoms with E-state index in [9.17, 15) is 0 Å². The van der Waals surface area contributed by atoms with Crippen molar-refractivity contribution in [2.75, 3.05) is 0 Å². The zero-order chi connectivity index (χ0) is 45.9. The first-order valence-electron chi connectivity index (χ1n) is 23.5. The molecule has 15 aromatic rings. The summed E-state index contributed by atoms with van der Waals surface area (Å²) in [5, 5.41) is 8.58. The summed E-state index contributed by atoms with van der Waals surface area (Å²) in [5.74, 6) is 1.63. The van der Waals surface area contributed by atoms with Crippen LogP contribution in [0, 0.1) is 0 Å². The number of nitrogens with zero attached hydrogens (tertiary/aromatic N) is 5. The van der Waals surface area contributed by atoms with Crippen LogP contribution < -0.4 is 0 Å². The van der Waals surface area contributed by atoms with Crippen LogP contribution in [-0.2, 0) is 0 Å². The Kier molecular flexibility index (Phi) is 8.23. The molecular weight excluding hydrogens is 859 g/mol. The Hall–Kier alpha value is -9.59. The molecule has 0 aliphatic rings. The smallest absolute Gasteiger partial charge is 0.238 e. The van der Waals surface area contributed by atoms with E-state index in [-0.39, 0.29) is 0 Å². The van der Waals surface area contributed by atoms with Crippen molar-refractivity contribution in [3.63, 3.8) is 0 Å². The molecule has 0 N–H and O–H groups in total. The van der Waals surface area contributed by atoms with Crippen LogP contribution in [0.4, 0.5) is 0 Å². The molecule has 0 bridgehead atoms. The van der Waals surface area contributed by atoms with Crippen molar-refractivity contribution in [2.24, 2.45) is 0 Å². The van der Waals surface area contributed by atoms with Crippen molar-refractivity contribution in [1.29, 1.82) is 0 Å². The average molecular weight is 896 g/mol. The summed E-state index contributed by atoms with van der Waals surface area (Å²) in [5.41, 5.74) is 14.7. The Morgan fingerprint density at radius 3 is 1.49 bits per heavy atom. The van der Waals surface area contributed by atoms with Crippen LogP contribution in [0.15, 0.2) is 233 Å². The lowest BCUT2D eigenvalue weighted by molar-refractivity contribution is 0.669. The zero-order valence-electron chi connectivity index (χ0n) is 37.4. The normalized spacial score (nSPS) is 12.0. The number of furan rings is 2. The van der Waals surface area contributed by atoms with Crippen molar-refractivity contribution < 1.29 is 8.83 Å². The van der Waals surface area contributed by atoms with Gasteiger partial charge in [0.25, 0.3) is 0 Å². The minimum absolute atomic E-state index is 0.520. The largest absolute Gasteiger partial charge is 0.456 e. The van der Waals surface area contributed by atoms with E-state index in [2.05, 4.69) is 197 Å². The molecule has 0 atom stereocenters. The van der Waals surface area contributed by atoms with E-state index in [0.29, 0.717) is 17.6 Å².